The molecule has 0 fully saturated rings. The van der Waals surface area contributed by atoms with Crippen LogP contribution in [0.3, 0.4) is 0 Å². The van der Waals surface area contributed by atoms with Crippen LogP contribution in [0, 0.1) is 21.7 Å². The third kappa shape index (κ3) is 1.15. The van der Waals surface area contributed by atoms with Gasteiger partial charge < -0.3 is 0 Å². The van der Waals surface area contributed by atoms with Crippen molar-refractivity contribution < 1.29 is 13.7 Å². The van der Waals surface area contributed by atoms with Crippen LogP contribution in [0.15, 0.2) is 17.5 Å². The second-order valence-corrected chi connectivity index (χ2v) is 3.53. The highest BCUT2D eigenvalue weighted by atomic mass is 32.1. The maximum atomic E-state index is 13.0. The summed E-state index contributed by atoms with van der Waals surface area (Å²) in [7, 11) is 0. The Labute approximate surface area is 80.7 Å². The molecule has 72 valence electrons. The van der Waals surface area contributed by atoms with Crippen LogP contribution >= 0.6 is 11.3 Å². The van der Waals surface area contributed by atoms with Gasteiger partial charge in [0.25, 0.3) is 0 Å². The molecule has 0 atom stereocenters. The molecule has 1 heterocycles. The van der Waals surface area contributed by atoms with E-state index in [1.54, 1.807) is 5.38 Å². The van der Waals surface area contributed by atoms with Crippen molar-refractivity contribution in [3.8, 4) is 0 Å². The van der Waals surface area contributed by atoms with Crippen molar-refractivity contribution in [2.45, 2.75) is 0 Å². The first-order valence-electron chi connectivity index (χ1n) is 3.61. The van der Waals surface area contributed by atoms with Crippen LogP contribution in [-0.2, 0) is 0 Å². The molecule has 1 aromatic carbocycles. The van der Waals surface area contributed by atoms with Crippen molar-refractivity contribution in [1.29, 1.82) is 0 Å². The van der Waals surface area contributed by atoms with Gasteiger partial charge in [0.2, 0.25) is 5.82 Å². The Hall–Kier alpha value is -1.56. The molecule has 0 unspecified atom stereocenters. The lowest BCUT2D eigenvalue weighted by Gasteiger charge is -1.96. The maximum Gasteiger partial charge on any atom is 0.325 e. The van der Waals surface area contributed by atoms with Crippen molar-refractivity contribution in [3.05, 3.63) is 39.3 Å². The molecule has 2 aromatic rings. The molecular formula is C8H3F2NO2S. The fourth-order valence-electron chi connectivity index (χ4n) is 1.20. The average molecular weight is 215 g/mol. The summed E-state index contributed by atoms with van der Waals surface area (Å²) < 4.78 is 26.1. The summed E-state index contributed by atoms with van der Waals surface area (Å²) in [6.07, 6.45) is 0. The highest BCUT2D eigenvalue weighted by Crippen LogP contribution is 2.34. The quantitative estimate of drug-likeness (QED) is 0.542. The van der Waals surface area contributed by atoms with Crippen LogP contribution < -0.4 is 0 Å². The maximum absolute atomic E-state index is 13.0. The number of nitro benzene ring substituents is 1. The van der Waals surface area contributed by atoms with Gasteiger partial charge in [-0.1, -0.05) is 0 Å². The molecule has 0 aliphatic carbocycles. The zero-order valence-corrected chi connectivity index (χ0v) is 7.48. The van der Waals surface area contributed by atoms with Crippen molar-refractivity contribution in [2.75, 3.05) is 0 Å². The van der Waals surface area contributed by atoms with Crippen LogP contribution in [0.5, 0.6) is 0 Å². The summed E-state index contributed by atoms with van der Waals surface area (Å²) in [6.45, 7) is 0. The third-order valence-corrected chi connectivity index (χ3v) is 2.73. The van der Waals surface area contributed by atoms with Gasteiger partial charge in [0, 0.05) is 5.39 Å². The molecule has 0 saturated heterocycles. The zero-order chi connectivity index (χ0) is 10.3. The molecule has 3 nitrogen and oxygen atoms in total. The lowest BCUT2D eigenvalue weighted by molar-refractivity contribution is -0.385. The van der Waals surface area contributed by atoms with E-state index in [1.165, 1.54) is 6.07 Å². The minimum atomic E-state index is -1.40. The van der Waals surface area contributed by atoms with Crippen LogP contribution in [0.25, 0.3) is 10.1 Å². The van der Waals surface area contributed by atoms with Gasteiger partial charge in [-0.2, -0.15) is 4.39 Å². The molecule has 0 aliphatic rings. The Kier molecular flexibility index (Phi) is 1.92. The highest BCUT2D eigenvalue weighted by molar-refractivity contribution is 7.17. The normalized spacial score (nSPS) is 10.7. The Balaban J connectivity index is 2.93. The molecule has 0 bridgehead atoms. The first-order chi connectivity index (χ1) is 6.61. The summed E-state index contributed by atoms with van der Waals surface area (Å²) in [5.41, 5.74) is -0.782. The zero-order valence-electron chi connectivity index (χ0n) is 6.66. The molecule has 1 aromatic heterocycles. The molecule has 2 rings (SSSR count). The van der Waals surface area contributed by atoms with E-state index >= 15 is 0 Å². The topological polar surface area (TPSA) is 43.1 Å². The summed E-state index contributed by atoms with van der Waals surface area (Å²) >= 11 is 1.02. The Bertz CT molecular complexity index is 523. The fourth-order valence-corrected chi connectivity index (χ4v) is 2.09. The first-order valence-corrected chi connectivity index (χ1v) is 4.49. The molecule has 0 aliphatic heterocycles. The monoisotopic (exact) mass is 215 g/mol. The number of benzene rings is 1. The van der Waals surface area contributed by atoms with Gasteiger partial charge in [-0.05, 0) is 17.5 Å². The number of hydrogen-bond acceptors (Lipinski definition) is 3. The SMILES string of the molecule is O=[N+]([O-])c1c(F)c(F)cc2ccsc12. The number of halogens is 2. The summed E-state index contributed by atoms with van der Waals surface area (Å²) in [5.74, 6) is -2.59. The molecule has 0 saturated carbocycles. The van der Waals surface area contributed by atoms with E-state index in [0.717, 1.165) is 17.4 Å². The molecule has 6 heteroatoms. The van der Waals surface area contributed by atoms with Crippen molar-refractivity contribution in [1.82, 2.24) is 0 Å². The highest BCUT2D eigenvalue weighted by Gasteiger charge is 2.23. The Morgan fingerprint density at radius 2 is 2.14 bits per heavy atom. The van der Waals surface area contributed by atoms with E-state index < -0.39 is 22.2 Å². The van der Waals surface area contributed by atoms with E-state index in [2.05, 4.69) is 0 Å². The summed E-state index contributed by atoms with van der Waals surface area (Å²) in [6, 6.07) is 2.46. The number of hydrogen-bond donors (Lipinski definition) is 0. The van der Waals surface area contributed by atoms with Crippen LogP contribution in [0.4, 0.5) is 14.5 Å². The molecule has 0 spiro atoms. The second kappa shape index (κ2) is 2.98. The van der Waals surface area contributed by atoms with Crippen molar-refractivity contribution >= 4 is 27.1 Å². The van der Waals surface area contributed by atoms with Crippen molar-refractivity contribution in [2.24, 2.45) is 0 Å². The van der Waals surface area contributed by atoms with Crippen LogP contribution in [-0.4, -0.2) is 4.92 Å². The third-order valence-electron chi connectivity index (χ3n) is 1.79. The van der Waals surface area contributed by atoms with Crippen molar-refractivity contribution in [3.63, 3.8) is 0 Å². The summed E-state index contributed by atoms with van der Waals surface area (Å²) in [5, 5.41) is 12.4. The van der Waals surface area contributed by atoms with Gasteiger partial charge >= 0.3 is 5.69 Å². The largest absolute Gasteiger partial charge is 0.325 e. The number of rotatable bonds is 1. The molecule has 0 radical (unpaired) electrons. The number of nitro groups is 1. The predicted molar refractivity (Wildman–Crippen MR) is 48.4 cm³/mol. The Morgan fingerprint density at radius 1 is 1.43 bits per heavy atom. The van der Waals surface area contributed by atoms with Gasteiger partial charge in [0.15, 0.2) is 5.82 Å². The van der Waals surface area contributed by atoms with Gasteiger partial charge in [0.1, 0.15) is 4.70 Å². The summed E-state index contributed by atoms with van der Waals surface area (Å²) in [4.78, 5) is 9.59. The second-order valence-electron chi connectivity index (χ2n) is 2.62. The smallest absolute Gasteiger partial charge is 0.258 e. The number of thiophene rings is 1. The lowest BCUT2D eigenvalue weighted by Crippen LogP contribution is -1.95. The number of fused-ring (bicyclic) bond motifs is 1. The molecule has 14 heavy (non-hydrogen) atoms. The molecular weight excluding hydrogens is 212 g/mol. The number of nitrogens with zero attached hydrogens (tertiary/aromatic N) is 1. The average Bonchev–Trinajstić information content (AvgIpc) is 2.52. The van der Waals surface area contributed by atoms with Gasteiger partial charge in [-0.15, -0.1) is 11.3 Å². The van der Waals surface area contributed by atoms with E-state index in [1.807, 2.05) is 0 Å². The molecule has 0 amide bonds. The van der Waals surface area contributed by atoms with Gasteiger partial charge in [-0.3, -0.25) is 10.1 Å². The predicted octanol–water partition coefficient (Wildman–Crippen LogP) is 3.09. The Morgan fingerprint density at radius 3 is 2.79 bits per heavy atom. The lowest BCUT2D eigenvalue weighted by atomic mass is 10.2. The molecule has 0 N–H and O–H groups in total. The van der Waals surface area contributed by atoms with E-state index in [4.69, 9.17) is 0 Å². The van der Waals surface area contributed by atoms with Crippen LogP contribution in [0.1, 0.15) is 0 Å². The standard InChI is InChI=1S/C8H3F2NO2S/c9-5-3-4-1-2-14-8(4)7(6(5)10)11(12)13/h1-3H. The minimum Gasteiger partial charge on any atom is -0.258 e. The van der Waals surface area contributed by atoms with Gasteiger partial charge in [0.05, 0.1) is 4.92 Å². The van der Waals surface area contributed by atoms with E-state index in [-0.39, 0.29) is 4.70 Å². The van der Waals surface area contributed by atoms with Gasteiger partial charge in [-0.25, -0.2) is 4.39 Å². The van der Waals surface area contributed by atoms with Crippen LogP contribution in [0.2, 0.25) is 0 Å². The van der Waals surface area contributed by atoms with E-state index in [9.17, 15) is 18.9 Å². The fraction of sp³-hybridized carbons (Fsp3) is 0. The minimum absolute atomic E-state index is 0.161. The first kappa shape index (κ1) is 9.01. The van der Waals surface area contributed by atoms with E-state index in [0.29, 0.717) is 5.39 Å².